The summed E-state index contributed by atoms with van der Waals surface area (Å²) >= 11 is 0. The zero-order valence-corrected chi connectivity index (χ0v) is 10.2. The first-order chi connectivity index (χ1) is 6.88. The molecule has 0 aliphatic rings. The van der Waals surface area contributed by atoms with E-state index in [9.17, 15) is 4.79 Å². The van der Waals surface area contributed by atoms with Gasteiger partial charge in [0.1, 0.15) is 0 Å². The fraction of sp³-hybridized carbons (Fsp3) is 0.900. The highest BCUT2D eigenvalue weighted by Crippen LogP contribution is 2.13. The minimum absolute atomic E-state index is 0.100. The number of rotatable bonds is 6. The first-order valence-electron chi connectivity index (χ1n) is 4.95. The molecule has 15 heavy (non-hydrogen) atoms. The lowest BCUT2D eigenvalue weighted by atomic mass is 9.92. The minimum Gasteiger partial charge on any atom is -0.354 e. The molecule has 1 unspecified atom stereocenters. The average molecular weight is 218 g/mol. The third-order valence-corrected chi connectivity index (χ3v) is 2.36. The Hall–Kier alpha value is -0.650. The Morgan fingerprint density at radius 1 is 1.40 bits per heavy atom. The summed E-state index contributed by atoms with van der Waals surface area (Å²) in [4.78, 5) is 11.7. The van der Waals surface area contributed by atoms with Gasteiger partial charge >= 0.3 is 0 Å². The third-order valence-electron chi connectivity index (χ3n) is 2.36. The van der Waals surface area contributed by atoms with Gasteiger partial charge in [-0.15, -0.1) is 0 Å². The first kappa shape index (κ1) is 14.3. The topological polar surface area (TPSA) is 73.6 Å². The number of amides is 1. The van der Waals surface area contributed by atoms with Crippen LogP contribution in [0.15, 0.2) is 0 Å². The fourth-order valence-electron chi connectivity index (χ4n) is 1.07. The molecule has 1 amide bonds. The van der Waals surface area contributed by atoms with Crippen LogP contribution in [0.25, 0.3) is 0 Å². The SMILES string of the molecule is COC(OC)C(C)NC(=O)C(C)(C)CN. The number of methoxy groups -OCH3 is 2. The van der Waals surface area contributed by atoms with Gasteiger partial charge in [0.05, 0.1) is 11.5 Å². The summed E-state index contributed by atoms with van der Waals surface area (Å²) in [5.74, 6) is -0.100. The predicted octanol–water partition coefficient (Wildman–Crippen LogP) is 0.0949. The second-order valence-electron chi connectivity index (χ2n) is 4.19. The molecule has 0 aliphatic carbocycles. The van der Waals surface area contributed by atoms with E-state index in [1.165, 1.54) is 14.2 Å². The van der Waals surface area contributed by atoms with Crippen molar-refractivity contribution in [2.24, 2.45) is 11.1 Å². The van der Waals surface area contributed by atoms with Crippen LogP contribution in [0.3, 0.4) is 0 Å². The van der Waals surface area contributed by atoms with Gasteiger partial charge in [-0.25, -0.2) is 0 Å². The van der Waals surface area contributed by atoms with E-state index in [1.54, 1.807) is 13.8 Å². The molecule has 3 N–H and O–H groups in total. The minimum atomic E-state index is -0.569. The van der Waals surface area contributed by atoms with Gasteiger partial charge in [0.2, 0.25) is 5.91 Å². The van der Waals surface area contributed by atoms with E-state index in [1.807, 2.05) is 6.92 Å². The molecule has 0 aromatic heterocycles. The quantitative estimate of drug-likeness (QED) is 0.620. The molecule has 0 bridgehead atoms. The van der Waals surface area contributed by atoms with Crippen LogP contribution in [0.1, 0.15) is 20.8 Å². The molecular weight excluding hydrogens is 196 g/mol. The zero-order valence-electron chi connectivity index (χ0n) is 10.2. The van der Waals surface area contributed by atoms with Gasteiger partial charge in [0, 0.05) is 20.8 Å². The molecule has 90 valence electrons. The summed E-state index contributed by atoms with van der Waals surface area (Å²) in [6, 6.07) is -0.210. The summed E-state index contributed by atoms with van der Waals surface area (Å²) in [5, 5.41) is 2.80. The number of nitrogens with one attached hydrogen (secondary N) is 1. The maximum absolute atomic E-state index is 11.7. The average Bonchev–Trinajstić information content (AvgIpc) is 2.19. The number of ether oxygens (including phenoxy) is 2. The normalized spacial score (nSPS) is 14.1. The van der Waals surface area contributed by atoms with Crippen molar-refractivity contribution < 1.29 is 14.3 Å². The lowest BCUT2D eigenvalue weighted by Crippen LogP contribution is -2.49. The van der Waals surface area contributed by atoms with Crippen LogP contribution < -0.4 is 11.1 Å². The van der Waals surface area contributed by atoms with Crippen molar-refractivity contribution in [2.45, 2.75) is 33.1 Å². The van der Waals surface area contributed by atoms with Gasteiger partial charge < -0.3 is 20.5 Å². The maximum Gasteiger partial charge on any atom is 0.227 e. The Bertz CT molecular complexity index is 203. The summed E-state index contributed by atoms with van der Waals surface area (Å²) in [7, 11) is 3.07. The summed E-state index contributed by atoms with van der Waals surface area (Å²) in [6.07, 6.45) is -0.442. The molecule has 0 radical (unpaired) electrons. The molecule has 1 atom stereocenters. The number of carbonyl (C=O) groups excluding carboxylic acids is 1. The second kappa shape index (κ2) is 6.05. The van der Waals surface area contributed by atoms with E-state index >= 15 is 0 Å². The van der Waals surface area contributed by atoms with E-state index in [-0.39, 0.29) is 11.9 Å². The lowest BCUT2D eigenvalue weighted by Gasteiger charge is -2.27. The summed E-state index contributed by atoms with van der Waals surface area (Å²) in [6.45, 7) is 5.71. The maximum atomic E-state index is 11.7. The van der Waals surface area contributed by atoms with E-state index in [4.69, 9.17) is 15.2 Å². The standard InChI is InChI=1S/C10H22N2O3/c1-7(8(14-4)15-5)12-9(13)10(2,3)6-11/h7-8H,6,11H2,1-5H3,(H,12,13). The fourth-order valence-corrected chi connectivity index (χ4v) is 1.07. The molecule has 0 saturated heterocycles. The molecular formula is C10H22N2O3. The van der Waals surface area contributed by atoms with Crippen molar-refractivity contribution in [3.63, 3.8) is 0 Å². The van der Waals surface area contributed by atoms with Crippen LogP contribution in [-0.4, -0.2) is 39.0 Å². The third kappa shape index (κ3) is 4.15. The molecule has 5 nitrogen and oxygen atoms in total. The van der Waals surface area contributed by atoms with Crippen LogP contribution in [0.4, 0.5) is 0 Å². The van der Waals surface area contributed by atoms with Crippen LogP contribution in [0.5, 0.6) is 0 Å². The Labute approximate surface area is 91.3 Å². The van der Waals surface area contributed by atoms with E-state index < -0.39 is 11.7 Å². The molecule has 0 aromatic rings. The molecule has 0 saturated carbocycles. The van der Waals surface area contributed by atoms with Gasteiger partial charge in [-0.05, 0) is 20.8 Å². The van der Waals surface area contributed by atoms with E-state index in [0.717, 1.165) is 0 Å². The molecule has 0 heterocycles. The van der Waals surface area contributed by atoms with Crippen molar-refractivity contribution in [1.29, 1.82) is 0 Å². The highest BCUT2D eigenvalue weighted by Gasteiger charge is 2.28. The van der Waals surface area contributed by atoms with Crippen LogP contribution >= 0.6 is 0 Å². The Kier molecular flexibility index (Phi) is 5.79. The van der Waals surface area contributed by atoms with Crippen molar-refractivity contribution in [2.75, 3.05) is 20.8 Å². The van der Waals surface area contributed by atoms with Crippen molar-refractivity contribution in [3.8, 4) is 0 Å². The monoisotopic (exact) mass is 218 g/mol. The van der Waals surface area contributed by atoms with Crippen molar-refractivity contribution in [1.82, 2.24) is 5.32 Å². The number of hydrogen-bond donors (Lipinski definition) is 2. The number of nitrogens with two attached hydrogens (primary N) is 1. The summed E-state index contributed by atoms with van der Waals surface area (Å²) in [5.41, 5.74) is 4.93. The molecule has 0 spiro atoms. The van der Waals surface area contributed by atoms with Gasteiger partial charge in [0.25, 0.3) is 0 Å². The zero-order chi connectivity index (χ0) is 12.1. The molecule has 0 fully saturated rings. The van der Waals surface area contributed by atoms with Gasteiger partial charge in [-0.3, -0.25) is 4.79 Å². The van der Waals surface area contributed by atoms with Gasteiger partial charge in [-0.2, -0.15) is 0 Å². The largest absolute Gasteiger partial charge is 0.354 e. The van der Waals surface area contributed by atoms with Gasteiger partial charge in [-0.1, -0.05) is 0 Å². The summed E-state index contributed by atoms with van der Waals surface area (Å²) < 4.78 is 10.1. The Morgan fingerprint density at radius 3 is 2.20 bits per heavy atom. The second-order valence-corrected chi connectivity index (χ2v) is 4.19. The molecule has 0 aromatic carbocycles. The highest BCUT2D eigenvalue weighted by molar-refractivity contribution is 5.82. The lowest BCUT2D eigenvalue weighted by molar-refractivity contribution is -0.141. The van der Waals surface area contributed by atoms with Gasteiger partial charge in [0.15, 0.2) is 6.29 Å². The van der Waals surface area contributed by atoms with Crippen molar-refractivity contribution >= 4 is 5.91 Å². The highest BCUT2D eigenvalue weighted by atomic mass is 16.7. The van der Waals surface area contributed by atoms with Crippen LogP contribution in [0.2, 0.25) is 0 Å². The predicted molar refractivity (Wildman–Crippen MR) is 58.2 cm³/mol. The van der Waals surface area contributed by atoms with E-state index in [0.29, 0.717) is 6.54 Å². The van der Waals surface area contributed by atoms with Crippen molar-refractivity contribution in [3.05, 3.63) is 0 Å². The number of hydrogen-bond acceptors (Lipinski definition) is 4. The molecule has 0 rings (SSSR count). The smallest absolute Gasteiger partial charge is 0.227 e. The number of carbonyl (C=O) groups is 1. The Morgan fingerprint density at radius 2 is 1.87 bits per heavy atom. The first-order valence-corrected chi connectivity index (χ1v) is 4.95. The molecule has 5 heteroatoms. The van der Waals surface area contributed by atoms with Crippen LogP contribution in [0, 0.1) is 5.41 Å². The van der Waals surface area contributed by atoms with E-state index in [2.05, 4.69) is 5.32 Å². The van der Waals surface area contributed by atoms with Crippen LogP contribution in [-0.2, 0) is 14.3 Å². The molecule has 0 aliphatic heterocycles. The Balaban J connectivity index is 4.29.